The summed E-state index contributed by atoms with van der Waals surface area (Å²) >= 11 is 0. The van der Waals surface area contributed by atoms with Crippen LogP contribution in [0.1, 0.15) is 27.2 Å². The lowest BCUT2D eigenvalue weighted by atomic mass is 10.2. The second-order valence-electron chi connectivity index (χ2n) is 7.06. The van der Waals surface area contributed by atoms with Crippen molar-refractivity contribution in [2.45, 2.75) is 38.3 Å². The summed E-state index contributed by atoms with van der Waals surface area (Å²) in [5.41, 5.74) is 0. The number of carbonyl (C=O) groups is 1. The van der Waals surface area contributed by atoms with Crippen molar-refractivity contribution in [3.05, 3.63) is 73.3 Å². The molecule has 0 heterocycles. The Morgan fingerprint density at radius 3 is 1.74 bits per heavy atom. The van der Waals surface area contributed by atoms with Crippen LogP contribution in [-0.4, -0.2) is 13.9 Å². The maximum Gasteiger partial charge on any atom is 0.154 e. The van der Waals surface area contributed by atoms with Crippen LogP contribution in [-0.2, 0) is 4.79 Å². The molecule has 0 saturated carbocycles. The Balaban J connectivity index is 2.64. The Labute approximate surface area is 141 Å². The molecule has 0 aliphatic carbocycles. The molecule has 2 heteroatoms. The summed E-state index contributed by atoms with van der Waals surface area (Å²) in [4.78, 5) is 12.0. The minimum atomic E-state index is -2.10. The van der Waals surface area contributed by atoms with Gasteiger partial charge in [-0.2, -0.15) is 0 Å². The summed E-state index contributed by atoms with van der Waals surface area (Å²) < 4.78 is 0. The molecule has 0 unspecified atom stereocenters. The molecular weight excluding hydrogens is 296 g/mol. The van der Waals surface area contributed by atoms with Crippen molar-refractivity contribution in [3.63, 3.8) is 0 Å². The van der Waals surface area contributed by atoms with Crippen LogP contribution >= 0.6 is 0 Å². The minimum absolute atomic E-state index is 0.108. The van der Waals surface area contributed by atoms with Gasteiger partial charge in [0.2, 0.25) is 0 Å². The molecule has 0 atom stereocenters. The summed E-state index contributed by atoms with van der Waals surface area (Å²) in [6.45, 7) is 10.6. The summed E-state index contributed by atoms with van der Waals surface area (Å²) in [5, 5.41) is 2.91. The highest BCUT2D eigenvalue weighted by Gasteiger charge is 2.47. The van der Waals surface area contributed by atoms with Crippen molar-refractivity contribution >= 4 is 24.2 Å². The number of rotatable bonds is 6. The lowest BCUT2D eigenvalue weighted by molar-refractivity contribution is -0.114. The van der Waals surface area contributed by atoms with E-state index in [4.69, 9.17) is 0 Å². The van der Waals surface area contributed by atoms with Gasteiger partial charge < -0.3 is 0 Å². The zero-order valence-electron chi connectivity index (χ0n) is 14.4. The molecule has 0 radical (unpaired) electrons. The number of ketones is 1. The zero-order chi connectivity index (χ0) is 16.9. The van der Waals surface area contributed by atoms with Gasteiger partial charge in [0.05, 0.1) is 0 Å². The fourth-order valence-electron chi connectivity index (χ4n) is 3.55. The van der Waals surface area contributed by atoms with E-state index in [2.05, 4.69) is 88.0 Å². The van der Waals surface area contributed by atoms with Crippen LogP contribution in [0.2, 0.25) is 11.1 Å². The van der Waals surface area contributed by atoms with E-state index in [1.165, 1.54) is 16.4 Å². The average molecular weight is 323 g/mol. The summed E-state index contributed by atoms with van der Waals surface area (Å²) in [6, 6.07) is 22.4. The maximum atomic E-state index is 12.0. The molecule has 0 amide bonds. The Kier molecular flexibility index (Phi) is 5.37. The first-order chi connectivity index (χ1) is 10.9. The zero-order valence-corrected chi connectivity index (χ0v) is 15.4. The molecule has 0 aliphatic rings. The molecule has 0 saturated heterocycles. The van der Waals surface area contributed by atoms with Gasteiger partial charge >= 0.3 is 0 Å². The number of hydrogen-bond donors (Lipinski definition) is 0. The van der Waals surface area contributed by atoms with E-state index in [-0.39, 0.29) is 10.8 Å². The first-order valence-electron chi connectivity index (χ1n) is 8.18. The van der Waals surface area contributed by atoms with Crippen LogP contribution in [0.4, 0.5) is 0 Å². The van der Waals surface area contributed by atoms with E-state index in [9.17, 15) is 4.79 Å². The van der Waals surface area contributed by atoms with Gasteiger partial charge in [-0.25, -0.2) is 0 Å². The van der Waals surface area contributed by atoms with Crippen LogP contribution < -0.4 is 10.4 Å². The molecule has 1 nitrogen and oxygen atoms in total. The van der Waals surface area contributed by atoms with Gasteiger partial charge in [0.1, 0.15) is 8.07 Å². The summed E-state index contributed by atoms with van der Waals surface area (Å²) in [5.74, 6) is 0.137. The predicted octanol–water partition coefficient (Wildman–Crippen LogP) is 4.19. The number of hydrogen-bond acceptors (Lipinski definition) is 1. The van der Waals surface area contributed by atoms with Gasteiger partial charge in [-0.3, -0.25) is 4.79 Å². The average Bonchev–Trinajstić information content (AvgIpc) is 2.56. The molecule has 0 bridgehead atoms. The Morgan fingerprint density at radius 1 is 0.957 bits per heavy atom. The van der Waals surface area contributed by atoms with Crippen LogP contribution in [0.15, 0.2) is 73.3 Å². The van der Waals surface area contributed by atoms with Gasteiger partial charge in [-0.15, -0.1) is 0 Å². The standard InChI is InChI=1S/C21H26OSi/c1-5-18(22)16-17-23(21(2,3)4,19-12-8-6-9-13-19)20-14-10-7-11-15-20/h5-15H,1,16-17H2,2-4H3. The maximum absolute atomic E-state index is 12.0. The molecule has 2 aromatic carbocycles. The third kappa shape index (κ3) is 3.53. The van der Waals surface area contributed by atoms with E-state index < -0.39 is 8.07 Å². The van der Waals surface area contributed by atoms with E-state index in [0.29, 0.717) is 6.42 Å². The normalized spacial score (nSPS) is 12.0. The van der Waals surface area contributed by atoms with Crippen molar-refractivity contribution in [2.24, 2.45) is 0 Å². The van der Waals surface area contributed by atoms with Crippen LogP contribution in [0.3, 0.4) is 0 Å². The van der Waals surface area contributed by atoms with Crippen LogP contribution in [0.5, 0.6) is 0 Å². The summed E-state index contributed by atoms with van der Waals surface area (Å²) in [6.07, 6.45) is 2.02. The number of benzene rings is 2. The van der Waals surface area contributed by atoms with Crippen molar-refractivity contribution in [2.75, 3.05) is 0 Å². The summed E-state index contributed by atoms with van der Waals surface area (Å²) in [7, 11) is -2.10. The smallest absolute Gasteiger partial charge is 0.154 e. The molecule has 0 fully saturated rings. The number of carbonyl (C=O) groups excluding carboxylic acids is 1. The van der Waals surface area contributed by atoms with E-state index in [1.54, 1.807) is 0 Å². The Morgan fingerprint density at radius 2 is 1.39 bits per heavy atom. The van der Waals surface area contributed by atoms with Crippen molar-refractivity contribution in [1.29, 1.82) is 0 Å². The van der Waals surface area contributed by atoms with Gasteiger partial charge in [0, 0.05) is 6.42 Å². The van der Waals surface area contributed by atoms with Gasteiger partial charge in [0.25, 0.3) is 0 Å². The second kappa shape index (κ2) is 7.09. The molecule has 0 aromatic heterocycles. The van der Waals surface area contributed by atoms with Gasteiger partial charge in [-0.1, -0.05) is 98.4 Å². The highest BCUT2D eigenvalue weighted by Crippen LogP contribution is 2.39. The van der Waals surface area contributed by atoms with Crippen molar-refractivity contribution in [1.82, 2.24) is 0 Å². The Hall–Kier alpha value is -1.93. The second-order valence-corrected chi connectivity index (χ2v) is 12.0. The molecule has 23 heavy (non-hydrogen) atoms. The van der Waals surface area contributed by atoms with Crippen LogP contribution in [0.25, 0.3) is 0 Å². The minimum Gasteiger partial charge on any atom is -0.295 e. The molecule has 2 aromatic rings. The third-order valence-corrected chi connectivity index (χ3v) is 11.0. The topological polar surface area (TPSA) is 17.1 Å². The Bertz CT molecular complexity index is 614. The highest BCUT2D eigenvalue weighted by molar-refractivity contribution is 7.04. The molecule has 0 aliphatic heterocycles. The molecule has 120 valence electrons. The lowest BCUT2D eigenvalue weighted by Gasteiger charge is -2.44. The van der Waals surface area contributed by atoms with Crippen LogP contribution in [0, 0.1) is 0 Å². The SMILES string of the molecule is C=CC(=O)CC[Si](c1ccccc1)(c1ccccc1)C(C)(C)C. The third-order valence-electron chi connectivity index (χ3n) is 4.79. The van der Waals surface area contributed by atoms with E-state index in [0.717, 1.165) is 6.04 Å². The lowest BCUT2D eigenvalue weighted by Crippen LogP contribution is -2.64. The largest absolute Gasteiger partial charge is 0.295 e. The molecular formula is C21H26OSi. The highest BCUT2D eigenvalue weighted by atomic mass is 28.3. The quantitative estimate of drug-likeness (QED) is 0.575. The first kappa shape index (κ1) is 17.4. The fraction of sp³-hybridized carbons (Fsp3) is 0.286. The van der Waals surface area contributed by atoms with Crippen molar-refractivity contribution < 1.29 is 4.79 Å². The molecule has 0 N–H and O–H groups in total. The van der Waals surface area contributed by atoms with Gasteiger partial charge in [-0.05, 0) is 17.2 Å². The molecule has 2 rings (SSSR count). The molecule has 0 spiro atoms. The first-order valence-corrected chi connectivity index (χ1v) is 10.4. The van der Waals surface area contributed by atoms with Gasteiger partial charge in [0.15, 0.2) is 5.78 Å². The van der Waals surface area contributed by atoms with Crippen molar-refractivity contribution in [3.8, 4) is 0 Å². The van der Waals surface area contributed by atoms with E-state index in [1.807, 2.05) is 0 Å². The number of allylic oxidation sites excluding steroid dienone is 1. The predicted molar refractivity (Wildman–Crippen MR) is 102 cm³/mol. The van der Waals surface area contributed by atoms with E-state index >= 15 is 0 Å². The fourth-order valence-corrected chi connectivity index (χ4v) is 9.09. The monoisotopic (exact) mass is 322 g/mol.